The largest absolute Gasteiger partial charge is 0.378 e. The number of hydrogen-bond donors (Lipinski definition) is 3. The minimum absolute atomic E-state index is 0.0219. The second-order valence-corrected chi connectivity index (χ2v) is 5.53. The average Bonchev–Trinajstić information content (AvgIpc) is 3.04. The molecule has 0 atom stereocenters. The van der Waals surface area contributed by atoms with E-state index in [1.54, 1.807) is 10.9 Å². The van der Waals surface area contributed by atoms with E-state index >= 15 is 0 Å². The summed E-state index contributed by atoms with van der Waals surface area (Å²) in [7, 11) is 0. The van der Waals surface area contributed by atoms with Crippen molar-refractivity contribution in [2.75, 3.05) is 5.32 Å². The lowest BCUT2D eigenvalue weighted by atomic mass is 10.2. The average molecular weight is 288 g/mol. The van der Waals surface area contributed by atoms with E-state index in [0.717, 1.165) is 35.5 Å². The third kappa shape index (κ3) is 3.42. The van der Waals surface area contributed by atoms with Crippen molar-refractivity contribution < 1.29 is 4.79 Å². The molecular weight excluding hydrogens is 268 g/mol. The summed E-state index contributed by atoms with van der Waals surface area (Å²) in [6.45, 7) is 4.94. The van der Waals surface area contributed by atoms with Crippen LogP contribution >= 0.6 is 0 Å². The van der Waals surface area contributed by atoms with Crippen LogP contribution < -0.4 is 10.6 Å². The predicted octanol–water partition coefficient (Wildman–Crippen LogP) is 1.11. The fourth-order valence-corrected chi connectivity index (χ4v) is 2.21. The van der Waals surface area contributed by atoms with E-state index in [-0.39, 0.29) is 12.5 Å². The standard InChI is InChI=1S/C14H20N6O/c1-9-13(10(2)19-18-9)6-15-12-5-16-20(7-12)8-14(21)17-11-3-4-11/h5,7,11,15H,3-4,6,8H2,1-2H3,(H,17,21)(H,18,19). The summed E-state index contributed by atoms with van der Waals surface area (Å²) in [5, 5.41) is 17.6. The summed E-state index contributed by atoms with van der Waals surface area (Å²) < 4.78 is 1.65. The van der Waals surface area contributed by atoms with Gasteiger partial charge in [0.15, 0.2) is 0 Å². The Bertz CT molecular complexity index is 620. The number of aryl methyl sites for hydroxylation is 2. The molecule has 0 aliphatic heterocycles. The number of nitrogens with zero attached hydrogens (tertiary/aromatic N) is 3. The fraction of sp³-hybridized carbons (Fsp3) is 0.500. The van der Waals surface area contributed by atoms with Crippen LogP contribution in [-0.4, -0.2) is 31.9 Å². The van der Waals surface area contributed by atoms with Gasteiger partial charge in [-0.05, 0) is 26.7 Å². The molecule has 0 aromatic carbocycles. The monoisotopic (exact) mass is 288 g/mol. The molecule has 1 amide bonds. The second kappa shape index (κ2) is 5.59. The molecule has 21 heavy (non-hydrogen) atoms. The molecule has 2 heterocycles. The Hall–Kier alpha value is -2.31. The number of hydrogen-bond acceptors (Lipinski definition) is 4. The normalized spacial score (nSPS) is 14.2. The molecule has 112 valence electrons. The summed E-state index contributed by atoms with van der Waals surface area (Å²) in [5.41, 5.74) is 4.12. The van der Waals surface area contributed by atoms with Gasteiger partial charge in [-0.15, -0.1) is 0 Å². The Labute approximate surface area is 123 Å². The fourth-order valence-electron chi connectivity index (χ4n) is 2.21. The lowest BCUT2D eigenvalue weighted by molar-refractivity contribution is -0.122. The van der Waals surface area contributed by atoms with Crippen molar-refractivity contribution in [2.24, 2.45) is 0 Å². The van der Waals surface area contributed by atoms with Gasteiger partial charge in [0.05, 0.1) is 17.6 Å². The van der Waals surface area contributed by atoms with Gasteiger partial charge in [0.2, 0.25) is 5.91 Å². The molecule has 1 saturated carbocycles. The summed E-state index contributed by atoms with van der Waals surface area (Å²) >= 11 is 0. The van der Waals surface area contributed by atoms with Gasteiger partial charge >= 0.3 is 0 Å². The quantitative estimate of drug-likeness (QED) is 0.743. The molecule has 2 aromatic heterocycles. The maximum Gasteiger partial charge on any atom is 0.241 e. The van der Waals surface area contributed by atoms with E-state index in [2.05, 4.69) is 25.9 Å². The van der Waals surface area contributed by atoms with Gasteiger partial charge in [-0.1, -0.05) is 0 Å². The van der Waals surface area contributed by atoms with Crippen molar-refractivity contribution in [1.82, 2.24) is 25.3 Å². The van der Waals surface area contributed by atoms with Crippen LogP contribution in [0, 0.1) is 13.8 Å². The first-order chi connectivity index (χ1) is 10.1. The highest BCUT2D eigenvalue weighted by atomic mass is 16.2. The van der Waals surface area contributed by atoms with Crippen LogP contribution in [0.2, 0.25) is 0 Å². The number of aromatic nitrogens is 4. The third-order valence-corrected chi connectivity index (χ3v) is 3.63. The first-order valence-corrected chi connectivity index (χ1v) is 7.18. The lowest BCUT2D eigenvalue weighted by Gasteiger charge is -2.04. The molecule has 0 radical (unpaired) electrons. The first kappa shape index (κ1) is 13.7. The van der Waals surface area contributed by atoms with Crippen LogP contribution in [-0.2, 0) is 17.9 Å². The maximum absolute atomic E-state index is 11.7. The van der Waals surface area contributed by atoms with Crippen LogP contribution in [0.4, 0.5) is 5.69 Å². The van der Waals surface area contributed by atoms with E-state index in [1.165, 1.54) is 0 Å². The molecule has 7 nitrogen and oxygen atoms in total. The number of amides is 1. The number of rotatable bonds is 6. The van der Waals surface area contributed by atoms with Crippen molar-refractivity contribution in [3.63, 3.8) is 0 Å². The Morgan fingerprint density at radius 3 is 2.95 bits per heavy atom. The predicted molar refractivity (Wildman–Crippen MR) is 78.8 cm³/mol. The molecule has 1 fully saturated rings. The Balaban J connectivity index is 1.53. The Morgan fingerprint density at radius 1 is 1.48 bits per heavy atom. The van der Waals surface area contributed by atoms with Crippen LogP contribution in [0.5, 0.6) is 0 Å². The molecule has 2 aromatic rings. The van der Waals surface area contributed by atoms with Crippen LogP contribution in [0.25, 0.3) is 0 Å². The van der Waals surface area contributed by atoms with E-state index in [4.69, 9.17) is 0 Å². The molecule has 3 N–H and O–H groups in total. The smallest absolute Gasteiger partial charge is 0.241 e. The number of nitrogens with one attached hydrogen (secondary N) is 3. The summed E-state index contributed by atoms with van der Waals surface area (Å²) in [6.07, 6.45) is 5.77. The highest BCUT2D eigenvalue weighted by Gasteiger charge is 2.23. The molecular formula is C14H20N6O. The minimum Gasteiger partial charge on any atom is -0.378 e. The zero-order valence-corrected chi connectivity index (χ0v) is 12.3. The van der Waals surface area contributed by atoms with E-state index < -0.39 is 0 Å². The number of H-pyrrole nitrogens is 1. The maximum atomic E-state index is 11.7. The van der Waals surface area contributed by atoms with Gasteiger partial charge in [0, 0.05) is 30.0 Å². The zero-order chi connectivity index (χ0) is 14.8. The Morgan fingerprint density at radius 2 is 2.29 bits per heavy atom. The number of anilines is 1. The molecule has 7 heteroatoms. The third-order valence-electron chi connectivity index (χ3n) is 3.63. The van der Waals surface area contributed by atoms with Crippen molar-refractivity contribution >= 4 is 11.6 Å². The molecule has 0 saturated heterocycles. The molecule has 3 rings (SSSR count). The SMILES string of the molecule is Cc1n[nH]c(C)c1CNc1cnn(CC(=O)NC2CC2)c1. The van der Waals surface area contributed by atoms with E-state index in [9.17, 15) is 4.79 Å². The van der Waals surface area contributed by atoms with Crippen molar-refractivity contribution in [2.45, 2.75) is 45.8 Å². The van der Waals surface area contributed by atoms with Gasteiger partial charge < -0.3 is 10.6 Å². The van der Waals surface area contributed by atoms with Gasteiger partial charge in [-0.25, -0.2) is 0 Å². The van der Waals surface area contributed by atoms with Crippen LogP contribution in [0.15, 0.2) is 12.4 Å². The van der Waals surface area contributed by atoms with Gasteiger partial charge in [-0.3, -0.25) is 14.6 Å². The zero-order valence-electron chi connectivity index (χ0n) is 12.3. The highest BCUT2D eigenvalue weighted by molar-refractivity contribution is 5.76. The van der Waals surface area contributed by atoms with Crippen molar-refractivity contribution in [1.29, 1.82) is 0 Å². The van der Waals surface area contributed by atoms with Gasteiger partial charge in [0.1, 0.15) is 6.54 Å². The van der Waals surface area contributed by atoms with Crippen molar-refractivity contribution in [3.05, 3.63) is 29.3 Å². The molecule has 0 unspecified atom stereocenters. The number of carbonyl (C=O) groups excluding carboxylic acids is 1. The molecule has 1 aliphatic rings. The van der Waals surface area contributed by atoms with Gasteiger partial charge in [0.25, 0.3) is 0 Å². The topological polar surface area (TPSA) is 87.6 Å². The van der Waals surface area contributed by atoms with Crippen LogP contribution in [0.1, 0.15) is 29.8 Å². The first-order valence-electron chi connectivity index (χ1n) is 7.18. The molecule has 0 spiro atoms. The number of carbonyl (C=O) groups is 1. The summed E-state index contributed by atoms with van der Waals surface area (Å²) in [5.74, 6) is 0.0219. The van der Waals surface area contributed by atoms with E-state index in [1.807, 2.05) is 20.0 Å². The summed E-state index contributed by atoms with van der Waals surface area (Å²) in [4.78, 5) is 11.7. The van der Waals surface area contributed by atoms with E-state index in [0.29, 0.717) is 12.6 Å². The number of aromatic amines is 1. The molecule has 1 aliphatic carbocycles. The summed E-state index contributed by atoms with van der Waals surface area (Å²) in [6, 6.07) is 0.387. The molecule has 0 bridgehead atoms. The lowest BCUT2D eigenvalue weighted by Crippen LogP contribution is -2.29. The van der Waals surface area contributed by atoms with Crippen molar-refractivity contribution in [3.8, 4) is 0 Å². The highest BCUT2D eigenvalue weighted by Crippen LogP contribution is 2.18. The second-order valence-electron chi connectivity index (χ2n) is 5.53. The van der Waals surface area contributed by atoms with Gasteiger partial charge in [-0.2, -0.15) is 10.2 Å². The van der Waals surface area contributed by atoms with Crippen LogP contribution in [0.3, 0.4) is 0 Å². The minimum atomic E-state index is 0.0219. The Kier molecular flexibility index (Phi) is 3.64.